The van der Waals surface area contributed by atoms with Gasteiger partial charge >= 0.3 is 0 Å². The number of rotatable bonds is 6. The Hall–Kier alpha value is -3.82. The molecule has 0 bridgehead atoms. The number of morpholine rings is 1. The summed E-state index contributed by atoms with van der Waals surface area (Å²) in [5, 5.41) is 18.1. The number of hydrogen-bond acceptors (Lipinski definition) is 5. The second-order valence-electron chi connectivity index (χ2n) is 9.03. The van der Waals surface area contributed by atoms with Gasteiger partial charge in [-0.1, -0.05) is 36.1 Å². The number of nitrogens with one attached hydrogen (secondary N) is 1. The molecule has 9 heteroatoms. The number of likely N-dealkylation sites (tertiary alicyclic amines) is 1. The summed E-state index contributed by atoms with van der Waals surface area (Å²) in [4.78, 5) is 29.1. The van der Waals surface area contributed by atoms with Crippen LogP contribution < -0.4 is 10.0 Å². The summed E-state index contributed by atoms with van der Waals surface area (Å²) in [5.74, 6) is -2.51. The van der Waals surface area contributed by atoms with Crippen molar-refractivity contribution in [3.8, 4) is 5.69 Å². The van der Waals surface area contributed by atoms with Gasteiger partial charge < -0.3 is 19.6 Å². The third-order valence-electron chi connectivity index (χ3n) is 6.88. The summed E-state index contributed by atoms with van der Waals surface area (Å²) < 4.78 is 20.7. The number of quaternary nitrogens is 1. The van der Waals surface area contributed by atoms with Crippen LogP contribution in [0.1, 0.15) is 22.9 Å². The van der Waals surface area contributed by atoms with Gasteiger partial charge in [0, 0.05) is 16.8 Å². The number of carbonyl (C=O) groups excluding carboxylic acids is 2. The second kappa shape index (κ2) is 10.0. The first kappa shape index (κ1) is 23.9. The number of ketones is 1. The second-order valence-corrected chi connectivity index (χ2v) is 9.03. The van der Waals surface area contributed by atoms with Crippen LogP contribution in [-0.4, -0.2) is 65.8 Å². The molecule has 1 N–H and O–H groups in total. The van der Waals surface area contributed by atoms with Crippen LogP contribution in [0.2, 0.25) is 0 Å². The monoisotopic (exact) mass is 490 g/mol. The van der Waals surface area contributed by atoms with Crippen molar-refractivity contribution in [2.75, 3.05) is 39.4 Å². The lowest BCUT2D eigenvalue weighted by Gasteiger charge is -2.30. The number of aromatic nitrogens is 2. The van der Waals surface area contributed by atoms with E-state index in [0.29, 0.717) is 37.6 Å². The number of benzene rings is 2. The zero-order chi connectivity index (χ0) is 25.2. The quantitative estimate of drug-likeness (QED) is 0.308. The molecule has 3 heterocycles. The van der Waals surface area contributed by atoms with E-state index in [0.717, 1.165) is 18.8 Å². The van der Waals surface area contributed by atoms with Crippen molar-refractivity contribution in [3.63, 3.8) is 0 Å². The zero-order valence-electron chi connectivity index (χ0n) is 19.9. The predicted octanol–water partition coefficient (Wildman–Crippen LogP) is 0.459. The van der Waals surface area contributed by atoms with Gasteiger partial charge in [0.05, 0.1) is 44.2 Å². The fraction of sp³-hybridized carbons (Fsp3) is 0.296. The Kier molecular flexibility index (Phi) is 6.67. The third kappa shape index (κ3) is 4.43. The highest BCUT2D eigenvalue weighted by Crippen LogP contribution is 2.39. The van der Waals surface area contributed by atoms with Crippen LogP contribution in [0.15, 0.2) is 66.4 Å². The molecule has 2 aliphatic heterocycles. The minimum absolute atomic E-state index is 0.126. The maximum atomic E-state index is 13.8. The minimum atomic E-state index is -0.891. The number of para-hydroxylation sites is 1. The van der Waals surface area contributed by atoms with Crippen LogP contribution in [0.25, 0.3) is 11.4 Å². The van der Waals surface area contributed by atoms with E-state index in [4.69, 9.17) is 4.74 Å². The lowest BCUT2D eigenvalue weighted by atomic mass is 9.95. The van der Waals surface area contributed by atoms with E-state index in [2.05, 4.69) is 5.10 Å². The normalized spacial score (nSPS) is 20.3. The Morgan fingerprint density at radius 1 is 1.11 bits per heavy atom. The highest BCUT2D eigenvalue weighted by atomic mass is 19.1. The van der Waals surface area contributed by atoms with Crippen LogP contribution in [0.5, 0.6) is 0 Å². The van der Waals surface area contributed by atoms with Crippen LogP contribution in [0, 0.1) is 12.7 Å². The summed E-state index contributed by atoms with van der Waals surface area (Å²) in [5.41, 5.74) is 1.98. The summed E-state index contributed by atoms with van der Waals surface area (Å²) in [6.07, 6.45) is 1.43. The maximum absolute atomic E-state index is 13.8. The van der Waals surface area contributed by atoms with Crippen LogP contribution in [0.4, 0.5) is 4.39 Å². The van der Waals surface area contributed by atoms with E-state index < -0.39 is 29.3 Å². The SMILES string of the molecule is Cc1c(C([O-])=C2C(=O)C(=O)N(CC[NH+]3CCOCC3)C2c2ccc(F)cc2)cnn1-c1ccccc1. The summed E-state index contributed by atoms with van der Waals surface area (Å²) in [7, 11) is 0. The van der Waals surface area contributed by atoms with Crippen LogP contribution in [-0.2, 0) is 14.3 Å². The van der Waals surface area contributed by atoms with Gasteiger partial charge in [0.15, 0.2) is 0 Å². The molecule has 8 nitrogen and oxygen atoms in total. The van der Waals surface area contributed by atoms with Crippen molar-refractivity contribution in [2.45, 2.75) is 13.0 Å². The van der Waals surface area contributed by atoms with Crippen molar-refractivity contribution >= 4 is 17.4 Å². The maximum Gasteiger partial charge on any atom is 0.295 e. The van der Waals surface area contributed by atoms with Crippen molar-refractivity contribution in [3.05, 3.63) is 89.0 Å². The molecule has 3 aromatic rings. The van der Waals surface area contributed by atoms with Crippen LogP contribution >= 0.6 is 0 Å². The molecule has 0 saturated carbocycles. The fourth-order valence-corrected chi connectivity index (χ4v) is 4.89. The van der Waals surface area contributed by atoms with Gasteiger partial charge in [-0.15, -0.1) is 0 Å². The molecule has 1 amide bonds. The number of halogens is 1. The smallest absolute Gasteiger partial charge is 0.295 e. The van der Waals surface area contributed by atoms with E-state index in [1.165, 1.54) is 40.3 Å². The predicted molar refractivity (Wildman–Crippen MR) is 127 cm³/mol. The number of ether oxygens (including phenoxy) is 1. The average Bonchev–Trinajstić information content (AvgIpc) is 3.41. The van der Waals surface area contributed by atoms with Gasteiger partial charge in [0.25, 0.3) is 5.91 Å². The Bertz CT molecular complexity index is 1300. The lowest BCUT2D eigenvalue weighted by molar-refractivity contribution is -0.907. The number of Topliss-reactive ketones (excluding diaryl/α,β-unsaturated/α-hetero) is 1. The van der Waals surface area contributed by atoms with Gasteiger partial charge in [-0.05, 0) is 36.8 Å². The van der Waals surface area contributed by atoms with Crippen molar-refractivity contribution < 1.29 is 28.7 Å². The molecule has 2 aromatic carbocycles. The van der Waals surface area contributed by atoms with Gasteiger partial charge in [0.2, 0.25) is 5.78 Å². The molecule has 1 unspecified atom stereocenters. The molecular formula is C27H27FN4O4. The van der Waals surface area contributed by atoms with Crippen molar-refractivity contribution in [2.24, 2.45) is 0 Å². The lowest BCUT2D eigenvalue weighted by Crippen LogP contribution is -3.14. The first-order valence-electron chi connectivity index (χ1n) is 12.0. The van der Waals surface area contributed by atoms with Gasteiger partial charge in [-0.2, -0.15) is 5.10 Å². The van der Waals surface area contributed by atoms with E-state index in [-0.39, 0.29) is 11.1 Å². The molecule has 36 heavy (non-hydrogen) atoms. The molecule has 1 atom stereocenters. The fourth-order valence-electron chi connectivity index (χ4n) is 4.89. The van der Waals surface area contributed by atoms with E-state index in [1.807, 2.05) is 30.3 Å². The molecule has 2 fully saturated rings. The van der Waals surface area contributed by atoms with E-state index in [9.17, 15) is 19.1 Å². The number of amides is 1. The molecular weight excluding hydrogens is 463 g/mol. The van der Waals surface area contributed by atoms with Crippen molar-refractivity contribution in [1.29, 1.82) is 0 Å². The van der Waals surface area contributed by atoms with Gasteiger partial charge in [-0.25, -0.2) is 9.07 Å². The topological polar surface area (TPSA) is 91.9 Å². The highest BCUT2D eigenvalue weighted by molar-refractivity contribution is 6.46. The van der Waals surface area contributed by atoms with E-state index in [1.54, 1.807) is 11.6 Å². The molecule has 5 rings (SSSR count). The molecule has 2 aliphatic rings. The van der Waals surface area contributed by atoms with Gasteiger partial charge in [-0.3, -0.25) is 9.59 Å². The number of nitrogens with zero attached hydrogens (tertiary/aromatic N) is 3. The number of carbonyl (C=O) groups is 2. The molecule has 1 aromatic heterocycles. The summed E-state index contributed by atoms with van der Waals surface area (Å²) >= 11 is 0. The van der Waals surface area contributed by atoms with Gasteiger partial charge in [0.1, 0.15) is 18.9 Å². The first-order valence-corrected chi connectivity index (χ1v) is 12.0. The molecule has 0 spiro atoms. The summed E-state index contributed by atoms with van der Waals surface area (Å²) in [6, 6.07) is 14.0. The van der Waals surface area contributed by atoms with Crippen LogP contribution in [0.3, 0.4) is 0 Å². The van der Waals surface area contributed by atoms with Crippen molar-refractivity contribution in [1.82, 2.24) is 14.7 Å². The van der Waals surface area contributed by atoms with E-state index >= 15 is 0 Å². The minimum Gasteiger partial charge on any atom is -0.872 e. The summed E-state index contributed by atoms with van der Waals surface area (Å²) in [6.45, 7) is 5.57. The average molecular weight is 491 g/mol. The number of hydrogen-bond donors (Lipinski definition) is 1. The Morgan fingerprint density at radius 2 is 1.81 bits per heavy atom. The zero-order valence-corrected chi connectivity index (χ0v) is 19.9. The molecule has 2 saturated heterocycles. The standard InChI is InChI=1S/C27H27FN4O4/c1-18-22(17-29-32(18)21-5-3-2-4-6-21)25(33)23-24(19-7-9-20(28)10-8-19)31(27(35)26(23)34)12-11-30-13-15-36-16-14-30/h2-10,17,24,33H,11-16H2,1H3. The highest BCUT2D eigenvalue weighted by Gasteiger charge is 2.44. The third-order valence-corrected chi connectivity index (χ3v) is 6.88. The molecule has 0 radical (unpaired) electrons. The Labute approximate surface area is 208 Å². The first-order chi connectivity index (χ1) is 17.5. The molecule has 186 valence electrons. The molecule has 0 aliphatic carbocycles. The largest absolute Gasteiger partial charge is 0.872 e. The Morgan fingerprint density at radius 3 is 2.50 bits per heavy atom. The Balaban J connectivity index is 1.55.